The average molecular weight is 243 g/mol. The van der Waals surface area contributed by atoms with E-state index < -0.39 is 15.7 Å². The molecule has 0 unspecified atom stereocenters. The summed E-state index contributed by atoms with van der Waals surface area (Å²) in [5.74, 6) is 0. The summed E-state index contributed by atoms with van der Waals surface area (Å²) in [5.41, 5.74) is 6.05. The maximum absolute atomic E-state index is 11.6. The molecule has 6 heteroatoms. The normalized spacial score (nSPS) is 12.4. The number of nitrogens with one attached hydrogen (secondary N) is 2. The quantitative estimate of drug-likeness (QED) is 0.700. The molecule has 0 bridgehead atoms. The second-order valence-electron chi connectivity index (χ2n) is 4.58. The Morgan fingerprint density at radius 1 is 1.12 bits per heavy atom. The molecule has 0 spiro atoms. The summed E-state index contributed by atoms with van der Waals surface area (Å²) in [6.07, 6.45) is 0. The van der Waals surface area contributed by atoms with Crippen LogP contribution in [-0.2, 0) is 10.2 Å². The monoisotopic (exact) mass is 243 g/mol. The van der Waals surface area contributed by atoms with Crippen molar-refractivity contribution in [3.05, 3.63) is 24.3 Å². The summed E-state index contributed by atoms with van der Waals surface area (Å²) >= 11 is 0. The zero-order valence-corrected chi connectivity index (χ0v) is 10.4. The van der Waals surface area contributed by atoms with E-state index in [0.29, 0.717) is 11.4 Å². The van der Waals surface area contributed by atoms with Crippen LogP contribution in [0.1, 0.15) is 20.8 Å². The van der Waals surface area contributed by atoms with Gasteiger partial charge in [-0.3, -0.25) is 4.72 Å². The Bertz CT molecular complexity index is 446. The molecule has 0 saturated heterocycles. The summed E-state index contributed by atoms with van der Waals surface area (Å²) in [7, 11) is -3.55. The zero-order valence-electron chi connectivity index (χ0n) is 9.61. The Kier molecular flexibility index (Phi) is 3.44. The number of hydrogen-bond donors (Lipinski definition) is 3. The second kappa shape index (κ2) is 4.31. The molecule has 90 valence electrons. The van der Waals surface area contributed by atoms with Gasteiger partial charge in [-0.2, -0.15) is 13.1 Å². The van der Waals surface area contributed by atoms with Gasteiger partial charge in [-0.05, 0) is 45.0 Å². The van der Waals surface area contributed by atoms with Gasteiger partial charge < -0.3 is 5.73 Å². The van der Waals surface area contributed by atoms with Gasteiger partial charge in [-0.1, -0.05) is 0 Å². The summed E-state index contributed by atoms with van der Waals surface area (Å²) in [5, 5.41) is 0. The lowest BCUT2D eigenvalue weighted by Gasteiger charge is -2.20. The van der Waals surface area contributed by atoms with Crippen molar-refractivity contribution in [2.24, 2.45) is 0 Å². The van der Waals surface area contributed by atoms with Crippen molar-refractivity contribution in [2.45, 2.75) is 26.3 Å². The lowest BCUT2D eigenvalue weighted by molar-refractivity contribution is 0.494. The van der Waals surface area contributed by atoms with E-state index in [1.807, 2.05) is 0 Å². The van der Waals surface area contributed by atoms with Crippen molar-refractivity contribution < 1.29 is 8.42 Å². The van der Waals surface area contributed by atoms with E-state index in [9.17, 15) is 8.42 Å². The molecule has 5 nitrogen and oxygen atoms in total. The lowest BCUT2D eigenvalue weighted by atomic mass is 10.1. The minimum Gasteiger partial charge on any atom is -0.399 e. The molecule has 1 aromatic carbocycles. The number of rotatable bonds is 3. The van der Waals surface area contributed by atoms with Crippen molar-refractivity contribution in [1.82, 2.24) is 4.72 Å². The highest BCUT2D eigenvalue weighted by atomic mass is 32.2. The third-order valence-corrected chi connectivity index (χ3v) is 2.99. The molecule has 0 atom stereocenters. The van der Waals surface area contributed by atoms with Gasteiger partial charge in [-0.15, -0.1) is 0 Å². The van der Waals surface area contributed by atoms with Crippen LogP contribution in [-0.4, -0.2) is 14.0 Å². The smallest absolute Gasteiger partial charge is 0.299 e. The molecule has 0 amide bonds. The van der Waals surface area contributed by atoms with Crippen molar-refractivity contribution in [3.8, 4) is 0 Å². The van der Waals surface area contributed by atoms with E-state index in [0.717, 1.165) is 0 Å². The molecule has 0 radical (unpaired) electrons. The van der Waals surface area contributed by atoms with Crippen LogP contribution < -0.4 is 15.2 Å². The van der Waals surface area contributed by atoms with Crippen LogP contribution in [0.2, 0.25) is 0 Å². The first-order valence-electron chi connectivity index (χ1n) is 4.85. The van der Waals surface area contributed by atoms with Crippen molar-refractivity contribution >= 4 is 21.6 Å². The van der Waals surface area contributed by atoms with Gasteiger partial charge in [0, 0.05) is 16.9 Å². The molecule has 4 N–H and O–H groups in total. The molecule has 0 aliphatic rings. The highest BCUT2D eigenvalue weighted by Gasteiger charge is 2.19. The molecular formula is C10H17N3O2S. The highest BCUT2D eigenvalue weighted by Crippen LogP contribution is 2.12. The van der Waals surface area contributed by atoms with Crippen molar-refractivity contribution in [1.29, 1.82) is 0 Å². The molecule has 0 saturated carbocycles. The Hall–Kier alpha value is -1.27. The summed E-state index contributed by atoms with van der Waals surface area (Å²) in [6.45, 7) is 5.32. The molecular weight excluding hydrogens is 226 g/mol. The first-order chi connectivity index (χ1) is 7.18. The highest BCUT2D eigenvalue weighted by molar-refractivity contribution is 7.90. The minimum atomic E-state index is -3.55. The predicted octanol–water partition coefficient (Wildman–Crippen LogP) is 1.31. The Labute approximate surface area is 96.2 Å². The number of nitrogens with two attached hydrogens (primary N) is 1. The predicted molar refractivity (Wildman–Crippen MR) is 66.3 cm³/mol. The van der Waals surface area contributed by atoms with E-state index in [2.05, 4.69) is 9.44 Å². The fourth-order valence-corrected chi connectivity index (χ4v) is 2.44. The van der Waals surface area contributed by atoms with Crippen LogP contribution in [0.15, 0.2) is 24.3 Å². The van der Waals surface area contributed by atoms with Crippen molar-refractivity contribution in [2.75, 3.05) is 10.5 Å². The van der Waals surface area contributed by atoms with E-state index in [1.165, 1.54) is 0 Å². The number of anilines is 2. The fraction of sp³-hybridized carbons (Fsp3) is 0.400. The average Bonchev–Trinajstić information content (AvgIpc) is 2.04. The second-order valence-corrected chi connectivity index (χ2v) is 5.99. The van der Waals surface area contributed by atoms with E-state index in [-0.39, 0.29) is 0 Å². The van der Waals surface area contributed by atoms with E-state index >= 15 is 0 Å². The van der Waals surface area contributed by atoms with Gasteiger partial charge in [0.15, 0.2) is 0 Å². The number of benzene rings is 1. The largest absolute Gasteiger partial charge is 0.399 e. The van der Waals surface area contributed by atoms with Crippen LogP contribution in [0.25, 0.3) is 0 Å². The van der Waals surface area contributed by atoms with Gasteiger partial charge in [0.05, 0.1) is 0 Å². The topological polar surface area (TPSA) is 84.2 Å². The van der Waals surface area contributed by atoms with Crippen LogP contribution in [0.3, 0.4) is 0 Å². The molecule has 0 aliphatic carbocycles. The SMILES string of the molecule is CC(C)(C)NS(=O)(=O)Nc1ccc(N)cc1. The van der Waals surface area contributed by atoms with Gasteiger partial charge in [0.1, 0.15) is 0 Å². The van der Waals surface area contributed by atoms with Crippen LogP contribution in [0.4, 0.5) is 11.4 Å². The summed E-state index contributed by atoms with van der Waals surface area (Å²) < 4.78 is 28.2. The summed E-state index contributed by atoms with van der Waals surface area (Å²) in [6, 6.07) is 6.48. The van der Waals surface area contributed by atoms with Gasteiger partial charge in [0.25, 0.3) is 10.2 Å². The van der Waals surface area contributed by atoms with Crippen LogP contribution >= 0.6 is 0 Å². The van der Waals surface area contributed by atoms with E-state index in [1.54, 1.807) is 45.0 Å². The molecule has 0 aliphatic heterocycles. The molecule has 1 aromatic rings. The number of hydrogen-bond acceptors (Lipinski definition) is 3. The van der Waals surface area contributed by atoms with Crippen molar-refractivity contribution in [3.63, 3.8) is 0 Å². The standard InChI is InChI=1S/C10H17N3O2S/c1-10(2,3)13-16(14,15)12-9-6-4-8(11)5-7-9/h4-7,12-13H,11H2,1-3H3. The maximum Gasteiger partial charge on any atom is 0.299 e. The van der Waals surface area contributed by atoms with Gasteiger partial charge in [-0.25, -0.2) is 0 Å². The third kappa shape index (κ3) is 4.50. The molecule has 1 rings (SSSR count). The first kappa shape index (κ1) is 12.8. The third-order valence-electron chi connectivity index (χ3n) is 1.60. The number of nitrogen functional groups attached to an aromatic ring is 1. The molecule has 16 heavy (non-hydrogen) atoms. The fourth-order valence-electron chi connectivity index (χ4n) is 1.13. The molecule has 0 fully saturated rings. The Balaban J connectivity index is 2.77. The first-order valence-corrected chi connectivity index (χ1v) is 6.33. The van der Waals surface area contributed by atoms with Gasteiger partial charge in [0.2, 0.25) is 0 Å². The minimum absolute atomic E-state index is 0.478. The zero-order chi connectivity index (χ0) is 12.4. The van der Waals surface area contributed by atoms with E-state index in [4.69, 9.17) is 5.73 Å². The Morgan fingerprint density at radius 3 is 2.06 bits per heavy atom. The van der Waals surface area contributed by atoms with Gasteiger partial charge >= 0.3 is 0 Å². The van der Waals surface area contributed by atoms with Crippen LogP contribution in [0, 0.1) is 0 Å². The molecule has 0 heterocycles. The lowest BCUT2D eigenvalue weighted by Crippen LogP contribution is -2.43. The molecule has 0 aromatic heterocycles. The Morgan fingerprint density at radius 2 is 1.62 bits per heavy atom. The summed E-state index contributed by atoms with van der Waals surface area (Å²) in [4.78, 5) is 0. The maximum atomic E-state index is 11.6. The van der Waals surface area contributed by atoms with Crippen LogP contribution in [0.5, 0.6) is 0 Å².